The number of rotatable bonds is 5. The molecule has 0 fully saturated rings. The third-order valence-electron chi connectivity index (χ3n) is 3.78. The number of benzene rings is 1. The Labute approximate surface area is 154 Å². The molecular formula is C15H14F7N5S. The zero-order chi connectivity index (χ0) is 21.0. The van der Waals surface area contributed by atoms with E-state index in [0.29, 0.717) is 5.69 Å². The lowest BCUT2D eigenvalue weighted by Gasteiger charge is -2.40. The highest BCUT2D eigenvalue weighted by atomic mass is 32.5. The molecular weight excluding hydrogens is 415 g/mol. The molecule has 1 aromatic carbocycles. The van der Waals surface area contributed by atoms with Crippen LogP contribution in [0.15, 0.2) is 35.2 Å². The Kier molecular flexibility index (Phi) is 3.95. The van der Waals surface area contributed by atoms with Crippen LogP contribution in [0, 0.1) is 6.92 Å². The van der Waals surface area contributed by atoms with Crippen LogP contribution in [-0.2, 0) is 5.92 Å². The van der Waals surface area contributed by atoms with E-state index in [1.54, 1.807) is 6.92 Å². The highest BCUT2D eigenvalue weighted by Gasteiger charge is 2.65. The van der Waals surface area contributed by atoms with Crippen molar-refractivity contribution >= 4 is 27.5 Å². The Morgan fingerprint density at radius 1 is 1.04 bits per heavy atom. The molecule has 1 N–H and O–H groups in total. The van der Waals surface area contributed by atoms with Gasteiger partial charge in [-0.25, -0.2) is 4.98 Å². The van der Waals surface area contributed by atoms with Crippen molar-refractivity contribution in [2.75, 3.05) is 5.32 Å². The van der Waals surface area contributed by atoms with Crippen LogP contribution in [0.1, 0.15) is 24.9 Å². The Hall–Kier alpha value is -2.57. The van der Waals surface area contributed by atoms with Gasteiger partial charge in [0.1, 0.15) is 10.7 Å². The third kappa shape index (κ3) is 3.98. The number of halogens is 7. The Balaban J connectivity index is 2.01. The van der Waals surface area contributed by atoms with E-state index in [4.69, 9.17) is 0 Å². The van der Waals surface area contributed by atoms with Crippen molar-refractivity contribution in [2.24, 2.45) is 0 Å². The van der Waals surface area contributed by atoms with Gasteiger partial charge in [-0.3, -0.25) is 0 Å². The lowest BCUT2D eigenvalue weighted by molar-refractivity contribution is -0.0173. The lowest BCUT2D eigenvalue weighted by atomic mass is 10.2. The highest BCUT2D eigenvalue weighted by molar-refractivity contribution is 8.45. The van der Waals surface area contributed by atoms with E-state index >= 15 is 0 Å². The van der Waals surface area contributed by atoms with E-state index in [0.717, 1.165) is 16.6 Å². The first-order valence-electron chi connectivity index (χ1n) is 7.83. The summed E-state index contributed by atoms with van der Waals surface area (Å²) in [7, 11) is -9.78. The Morgan fingerprint density at radius 3 is 2.18 bits per heavy atom. The molecule has 2 aromatic heterocycles. The summed E-state index contributed by atoms with van der Waals surface area (Å²) >= 11 is 0. The summed E-state index contributed by atoms with van der Waals surface area (Å²) in [6.45, 7) is 2.80. The van der Waals surface area contributed by atoms with E-state index in [1.165, 1.54) is 13.0 Å². The number of nitrogens with zero attached hydrogens (tertiary/aromatic N) is 4. The normalized spacial score (nSPS) is 15.3. The molecule has 0 saturated carbocycles. The number of hydrogen-bond donors (Lipinski definition) is 1. The van der Waals surface area contributed by atoms with Crippen LogP contribution in [0.3, 0.4) is 0 Å². The molecule has 2 heterocycles. The first-order valence-corrected chi connectivity index (χ1v) is 9.78. The minimum atomic E-state index is -9.78. The number of hydrogen-bond acceptors (Lipinski definition) is 4. The SMILES string of the molecule is CCC(F)(F)c1nc2nc(C)cc(Nc3ccc(S(F)(F)(F)(F)F)cc3)n2n1. The van der Waals surface area contributed by atoms with Gasteiger partial charge in [0.15, 0.2) is 0 Å². The van der Waals surface area contributed by atoms with Gasteiger partial charge in [0.2, 0.25) is 5.82 Å². The molecule has 28 heavy (non-hydrogen) atoms. The minimum absolute atomic E-state index is 0.0109. The molecule has 0 amide bonds. The van der Waals surface area contributed by atoms with Crippen LogP contribution in [0.4, 0.5) is 39.7 Å². The second-order valence-corrected chi connectivity index (χ2v) is 8.52. The number of alkyl halides is 2. The zero-order valence-corrected chi connectivity index (χ0v) is 15.3. The fourth-order valence-electron chi connectivity index (χ4n) is 2.33. The van der Waals surface area contributed by atoms with E-state index in [2.05, 4.69) is 20.4 Å². The summed E-state index contributed by atoms with van der Waals surface area (Å²) in [6.07, 6.45) is -0.540. The predicted molar refractivity (Wildman–Crippen MR) is 90.8 cm³/mol. The summed E-state index contributed by atoms with van der Waals surface area (Å²) in [5.74, 6) is -4.11. The van der Waals surface area contributed by atoms with Crippen LogP contribution < -0.4 is 5.32 Å². The maximum atomic E-state index is 13.9. The molecule has 0 aliphatic rings. The summed E-state index contributed by atoms with van der Waals surface area (Å²) < 4.78 is 92.6. The molecule has 0 saturated heterocycles. The largest absolute Gasteiger partial charge is 0.340 e. The van der Waals surface area contributed by atoms with Gasteiger partial charge in [-0.15, -0.1) is 5.10 Å². The average molecular weight is 429 g/mol. The smallest absolute Gasteiger partial charge is 0.310 e. The molecule has 13 heteroatoms. The molecule has 0 spiro atoms. The number of aromatic nitrogens is 4. The molecule has 0 aliphatic heterocycles. The third-order valence-corrected chi connectivity index (χ3v) is 4.95. The van der Waals surface area contributed by atoms with Crippen LogP contribution in [-0.4, -0.2) is 19.6 Å². The second-order valence-electron chi connectivity index (χ2n) is 6.11. The highest BCUT2D eigenvalue weighted by Crippen LogP contribution is 3.02. The molecule has 3 rings (SSSR count). The van der Waals surface area contributed by atoms with Gasteiger partial charge in [-0.05, 0) is 31.2 Å². The molecule has 0 radical (unpaired) electrons. The van der Waals surface area contributed by atoms with Crippen LogP contribution in [0.25, 0.3) is 5.78 Å². The van der Waals surface area contributed by atoms with E-state index in [9.17, 15) is 28.2 Å². The first-order chi connectivity index (χ1) is 12.6. The standard InChI is InChI=1S/C15H14F7N5S/c1-3-15(16,17)13-25-14-23-9(2)8-12(27(14)26-13)24-10-4-6-11(7-5-10)28(18,19,20,21)22/h4-8,24H,3H2,1-2H3. The van der Waals surface area contributed by atoms with Gasteiger partial charge in [0.05, 0.1) is 0 Å². The fourth-order valence-corrected chi connectivity index (χ4v) is 2.98. The summed E-state index contributed by atoms with van der Waals surface area (Å²) in [5.41, 5.74) is 0.384. The van der Waals surface area contributed by atoms with E-state index in [-0.39, 0.29) is 29.4 Å². The van der Waals surface area contributed by atoms with Crippen molar-refractivity contribution in [3.63, 3.8) is 0 Å². The quantitative estimate of drug-likeness (QED) is 0.481. The maximum Gasteiger partial charge on any atom is 0.310 e. The summed E-state index contributed by atoms with van der Waals surface area (Å²) in [6, 6.07) is 3.48. The van der Waals surface area contributed by atoms with Gasteiger partial charge in [0.25, 0.3) is 5.78 Å². The Morgan fingerprint density at radius 2 is 1.64 bits per heavy atom. The summed E-state index contributed by atoms with van der Waals surface area (Å²) in [5, 5.41) is 6.36. The van der Waals surface area contributed by atoms with Crippen LogP contribution >= 0.6 is 10.2 Å². The number of fused-ring (bicyclic) bond motifs is 1. The molecule has 154 valence electrons. The summed E-state index contributed by atoms with van der Waals surface area (Å²) in [4.78, 5) is 5.64. The van der Waals surface area contributed by atoms with Crippen molar-refractivity contribution in [1.82, 2.24) is 19.6 Å². The number of anilines is 2. The molecule has 0 aliphatic carbocycles. The van der Waals surface area contributed by atoms with Gasteiger partial charge in [-0.1, -0.05) is 26.4 Å². The van der Waals surface area contributed by atoms with Gasteiger partial charge < -0.3 is 5.32 Å². The average Bonchev–Trinajstić information content (AvgIpc) is 2.98. The van der Waals surface area contributed by atoms with E-state index in [1.807, 2.05) is 0 Å². The molecule has 0 unspecified atom stereocenters. The molecule has 5 nitrogen and oxygen atoms in total. The van der Waals surface area contributed by atoms with E-state index < -0.39 is 33.3 Å². The zero-order valence-electron chi connectivity index (χ0n) is 14.4. The number of aryl methyl sites for hydroxylation is 1. The first kappa shape index (κ1) is 20.2. The van der Waals surface area contributed by atoms with Crippen LogP contribution in [0.2, 0.25) is 0 Å². The molecule has 0 bridgehead atoms. The fraction of sp³-hybridized carbons (Fsp3) is 0.267. The predicted octanol–water partition coefficient (Wildman–Crippen LogP) is 6.34. The van der Waals surface area contributed by atoms with Crippen molar-refractivity contribution in [1.29, 1.82) is 0 Å². The Bertz CT molecular complexity index is 1050. The lowest BCUT2D eigenvalue weighted by Crippen LogP contribution is -2.14. The monoisotopic (exact) mass is 429 g/mol. The van der Waals surface area contributed by atoms with Crippen molar-refractivity contribution in [2.45, 2.75) is 31.1 Å². The molecule has 3 aromatic rings. The minimum Gasteiger partial charge on any atom is -0.340 e. The molecule has 0 atom stereocenters. The van der Waals surface area contributed by atoms with Crippen LogP contribution in [0.5, 0.6) is 0 Å². The van der Waals surface area contributed by atoms with Gasteiger partial charge in [-0.2, -0.15) is 18.3 Å². The maximum absolute atomic E-state index is 13.9. The van der Waals surface area contributed by atoms with Crippen molar-refractivity contribution in [3.8, 4) is 0 Å². The van der Waals surface area contributed by atoms with Gasteiger partial charge in [0, 0.05) is 23.9 Å². The van der Waals surface area contributed by atoms with Gasteiger partial charge >= 0.3 is 16.1 Å². The van der Waals surface area contributed by atoms with Crippen molar-refractivity contribution < 1.29 is 28.2 Å². The topological polar surface area (TPSA) is 55.1 Å². The van der Waals surface area contributed by atoms with Crippen molar-refractivity contribution in [3.05, 3.63) is 41.9 Å². The second kappa shape index (κ2) is 5.49. The number of nitrogens with one attached hydrogen (secondary N) is 1.